The molecule has 0 aliphatic rings. The van der Waals surface area contributed by atoms with Gasteiger partial charge < -0.3 is 10.0 Å². The minimum Gasteiger partial charge on any atom is -0.481 e. The number of nitrogens with zero attached hydrogens (tertiary/aromatic N) is 1. The second kappa shape index (κ2) is 6.54. The predicted octanol–water partition coefficient (Wildman–Crippen LogP) is 2.63. The molecule has 4 nitrogen and oxygen atoms in total. The molecule has 5 heteroatoms. The van der Waals surface area contributed by atoms with E-state index in [2.05, 4.69) is 15.9 Å². The average Bonchev–Trinajstić information content (AvgIpc) is 2.35. The fourth-order valence-electron chi connectivity index (χ4n) is 1.54. The summed E-state index contributed by atoms with van der Waals surface area (Å²) in [6.07, 6.45) is 0. The van der Waals surface area contributed by atoms with Gasteiger partial charge in [-0.25, -0.2) is 0 Å². The number of hydrogen-bond donors (Lipinski definition) is 1. The van der Waals surface area contributed by atoms with Gasteiger partial charge >= 0.3 is 5.97 Å². The topological polar surface area (TPSA) is 57.6 Å². The second-order valence-electron chi connectivity index (χ2n) is 4.09. The summed E-state index contributed by atoms with van der Waals surface area (Å²) >= 11 is 3.31. The third-order valence-corrected chi connectivity index (χ3v) is 3.20. The van der Waals surface area contributed by atoms with Crippen LogP contribution in [0.3, 0.4) is 0 Å². The van der Waals surface area contributed by atoms with Crippen molar-refractivity contribution in [3.63, 3.8) is 0 Å². The molecule has 1 N–H and O–H groups in total. The van der Waals surface area contributed by atoms with Crippen molar-refractivity contribution in [2.45, 2.75) is 13.8 Å². The number of halogens is 1. The molecule has 1 aromatic carbocycles. The maximum absolute atomic E-state index is 12.2. The first-order valence-corrected chi connectivity index (χ1v) is 6.52. The third-order valence-electron chi connectivity index (χ3n) is 2.68. The van der Waals surface area contributed by atoms with E-state index in [0.29, 0.717) is 12.1 Å². The van der Waals surface area contributed by atoms with Gasteiger partial charge in [-0.3, -0.25) is 9.59 Å². The lowest BCUT2D eigenvalue weighted by Crippen LogP contribution is -2.36. The van der Waals surface area contributed by atoms with Crippen LogP contribution >= 0.6 is 15.9 Å². The first-order chi connectivity index (χ1) is 8.45. The molecule has 0 aromatic heterocycles. The Balaban J connectivity index is 2.79. The predicted molar refractivity (Wildman–Crippen MR) is 72.5 cm³/mol. The maximum atomic E-state index is 12.2. The molecule has 1 atom stereocenters. The van der Waals surface area contributed by atoms with Crippen molar-refractivity contribution in [1.82, 2.24) is 4.90 Å². The monoisotopic (exact) mass is 313 g/mol. The highest BCUT2D eigenvalue weighted by molar-refractivity contribution is 9.10. The Hall–Kier alpha value is -1.36. The van der Waals surface area contributed by atoms with E-state index in [0.717, 1.165) is 4.47 Å². The van der Waals surface area contributed by atoms with Crippen LogP contribution in [0.4, 0.5) is 0 Å². The first-order valence-electron chi connectivity index (χ1n) is 5.73. The van der Waals surface area contributed by atoms with E-state index < -0.39 is 11.9 Å². The van der Waals surface area contributed by atoms with Crippen LogP contribution in [-0.4, -0.2) is 35.0 Å². The van der Waals surface area contributed by atoms with Crippen molar-refractivity contribution in [1.29, 1.82) is 0 Å². The lowest BCUT2D eigenvalue weighted by molar-refractivity contribution is -0.141. The number of carbonyl (C=O) groups is 2. The fourth-order valence-corrected chi connectivity index (χ4v) is 1.80. The first kappa shape index (κ1) is 14.7. The van der Waals surface area contributed by atoms with Crippen LogP contribution in [0.1, 0.15) is 24.2 Å². The average molecular weight is 314 g/mol. The Morgan fingerprint density at radius 1 is 1.33 bits per heavy atom. The molecular weight excluding hydrogens is 298 g/mol. The molecule has 1 aromatic rings. The van der Waals surface area contributed by atoms with E-state index >= 15 is 0 Å². The summed E-state index contributed by atoms with van der Waals surface area (Å²) in [5.74, 6) is -1.60. The van der Waals surface area contributed by atoms with Gasteiger partial charge in [-0.2, -0.15) is 0 Å². The summed E-state index contributed by atoms with van der Waals surface area (Å²) in [6.45, 7) is 4.15. The summed E-state index contributed by atoms with van der Waals surface area (Å²) in [6, 6.07) is 7.03. The van der Waals surface area contributed by atoms with Gasteiger partial charge in [0.25, 0.3) is 5.91 Å². The molecule has 1 rings (SSSR count). The fraction of sp³-hybridized carbons (Fsp3) is 0.385. The molecule has 0 saturated heterocycles. The van der Waals surface area contributed by atoms with Crippen molar-refractivity contribution in [2.24, 2.45) is 5.92 Å². The highest BCUT2D eigenvalue weighted by Gasteiger charge is 2.20. The molecule has 0 aliphatic carbocycles. The zero-order valence-electron chi connectivity index (χ0n) is 10.4. The molecule has 0 saturated carbocycles. The molecule has 1 amide bonds. The minimum atomic E-state index is -0.892. The van der Waals surface area contributed by atoms with Gasteiger partial charge in [0.15, 0.2) is 0 Å². The molecule has 18 heavy (non-hydrogen) atoms. The summed E-state index contributed by atoms with van der Waals surface area (Å²) in [7, 11) is 0. The molecule has 0 fully saturated rings. The number of rotatable bonds is 5. The van der Waals surface area contributed by atoms with Gasteiger partial charge in [-0.15, -0.1) is 0 Å². The smallest absolute Gasteiger partial charge is 0.308 e. The molecule has 98 valence electrons. The highest BCUT2D eigenvalue weighted by atomic mass is 79.9. The number of carboxylic acid groups (broad SMARTS) is 1. The second-order valence-corrected chi connectivity index (χ2v) is 5.01. The van der Waals surface area contributed by atoms with Gasteiger partial charge in [-0.05, 0) is 31.2 Å². The zero-order valence-corrected chi connectivity index (χ0v) is 12.0. The Kier molecular flexibility index (Phi) is 5.34. The van der Waals surface area contributed by atoms with Crippen LogP contribution in [0.25, 0.3) is 0 Å². The van der Waals surface area contributed by atoms with Crippen molar-refractivity contribution >= 4 is 27.8 Å². The Morgan fingerprint density at radius 3 is 2.33 bits per heavy atom. The van der Waals surface area contributed by atoms with Crippen LogP contribution in [-0.2, 0) is 4.79 Å². The van der Waals surface area contributed by atoms with Crippen LogP contribution < -0.4 is 0 Å². The summed E-state index contributed by atoms with van der Waals surface area (Å²) < 4.78 is 0.904. The molecule has 0 radical (unpaired) electrons. The van der Waals surface area contributed by atoms with Crippen LogP contribution in [0, 0.1) is 5.92 Å². The van der Waals surface area contributed by atoms with E-state index in [1.54, 1.807) is 36.1 Å². The number of hydrogen-bond acceptors (Lipinski definition) is 2. The van der Waals surface area contributed by atoms with E-state index in [4.69, 9.17) is 5.11 Å². The van der Waals surface area contributed by atoms with Crippen LogP contribution in [0.2, 0.25) is 0 Å². The Bertz CT molecular complexity index is 430. The molecule has 0 heterocycles. The summed E-state index contributed by atoms with van der Waals surface area (Å²) in [4.78, 5) is 24.5. The van der Waals surface area contributed by atoms with Gasteiger partial charge in [0.05, 0.1) is 5.92 Å². The lowest BCUT2D eigenvalue weighted by Gasteiger charge is -2.23. The third kappa shape index (κ3) is 3.84. The van der Waals surface area contributed by atoms with E-state index in [9.17, 15) is 9.59 Å². The standard InChI is InChI=1S/C13H16BrNO3/c1-3-15(8-9(2)13(17)18)12(16)10-4-6-11(14)7-5-10/h4-7,9H,3,8H2,1-2H3,(H,17,18). The van der Waals surface area contributed by atoms with Gasteiger partial charge in [0.2, 0.25) is 0 Å². The largest absolute Gasteiger partial charge is 0.481 e. The van der Waals surface area contributed by atoms with Crippen molar-refractivity contribution in [3.8, 4) is 0 Å². The van der Waals surface area contributed by atoms with Crippen LogP contribution in [0.5, 0.6) is 0 Å². The van der Waals surface area contributed by atoms with Gasteiger partial charge in [0.1, 0.15) is 0 Å². The maximum Gasteiger partial charge on any atom is 0.308 e. The summed E-state index contributed by atoms with van der Waals surface area (Å²) in [5, 5.41) is 8.87. The van der Waals surface area contributed by atoms with E-state index in [1.165, 1.54) is 0 Å². The molecular formula is C13H16BrNO3. The van der Waals surface area contributed by atoms with Crippen molar-refractivity contribution in [3.05, 3.63) is 34.3 Å². The SMILES string of the molecule is CCN(CC(C)C(=O)O)C(=O)c1ccc(Br)cc1. The zero-order chi connectivity index (χ0) is 13.7. The number of aliphatic carboxylic acids is 1. The van der Waals surface area contributed by atoms with Crippen molar-refractivity contribution in [2.75, 3.05) is 13.1 Å². The Labute approximate surface area is 115 Å². The van der Waals surface area contributed by atoms with Crippen LogP contribution in [0.15, 0.2) is 28.7 Å². The Morgan fingerprint density at radius 2 is 1.89 bits per heavy atom. The van der Waals surface area contributed by atoms with Crippen molar-refractivity contribution < 1.29 is 14.7 Å². The summed E-state index contributed by atoms with van der Waals surface area (Å²) in [5.41, 5.74) is 0.567. The van der Waals surface area contributed by atoms with E-state index in [1.807, 2.05) is 6.92 Å². The number of carboxylic acids is 1. The number of carbonyl (C=O) groups excluding carboxylic acids is 1. The minimum absolute atomic E-state index is 0.141. The lowest BCUT2D eigenvalue weighted by atomic mass is 10.1. The molecule has 0 bridgehead atoms. The van der Waals surface area contributed by atoms with Gasteiger partial charge in [0, 0.05) is 23.1 Å². The highest BCUT2D eigenvalue weighted by Crippen LogP contribution is 2.13. The quantitative estimate of drug-likeness (QED) is 0.909. The molecule has 0 aliphatic heterocycles. The molecule has 0 spiro atoms. The van der Waals surface area contributed by atoms with Gasteiger partial charge in [-0.1, -0.05) is 22.9 Å². The molecule has 1 unspecified atom stereocenters. The van der Waals surface area contributed by atoms with E-state index in [-0.39, 0.29) is 12.5 Å². The number of benzene rings is 1. The number of amides is 1. The normalized spacial score (nSPS) is 11.9.